The monoisotopic (exact) mass is 501 g/mol. The van der Waals surface area contributed by atoms with E-state index in [1.807, 2.05) is 48.2 Å². The first-order chi connectivity index (χ1) is 17.9. The van der Waals surface area contributed by atoms with Crippen LogP contribution in [0.15, 0.2) is 65.3 Å². The van der Waals surface area contributed by atoms with Crippen molar-refractivity contribution in [3.63, 3.8) is 0 Å². The van der Waals surface area contributed by atoms with Gasteiger partial charge in [-0.2, -0.15) is 0 Å². The second kappa shape index (κ2) is 10.5. The number of furan rings is 1. The van der Waals surface area contributed by atoms with Gasteiger partial charge in [0.05, 0.1) is 12.3 Å². The van der Waals surface area contributed by atoms with Crippen LogP contribution in [0.25, 0.3) is 0 Å². The number of rotatable bonds is 5. The first kappa shape index (κ1) is 24.6. The maximum Gasteiger partial charge on any atom is 0.290 e. The van der Waals surface area contributed by atoms with Crippen LogP contribution in [0.1, 0.15) is 45.8 Å². The molecule has 1 fully saturated rings. The standard InChI is InChI=1S/C29H31N3O5/c1-20-5-3-6-23(17-20)28-25-18-24(37-19-27(34)31-14-12-30(13-15-31)21(2)33)9-8-22(25)10-11-32(28)29(35)26-7-4-16-36-26/h3-9,16-18,28H,10-15,19H2,1-2H3/t28-/m0/s1. The van der Waals surface area contributed by atoms with E-state index in [4.69, 9.17) is 9.15 Å². The number of hydrogen-bond acceptors (Lipinski definition) is 5. The number of amides is 3. The number of piperazine rings is 1. The summed E-state index contributed by atoms with van der Waals surface area (Å²) in [5, 5.41) is 0. The van der Waals surface area contributed by atoms with Gasteiger partial charge in [0, 0.05) is 39.6 Å². The zero-order valence-electron chi connectivity index (χ0n) is 21.2. The zero-order valence-corrected chi connectivity index (χ0v) is 21.2. The molecule has 1 saturated heterocycles. The van der Waals surface area contributed by atoms with Crippen molar-refractivity contribution in [3.05, 3.63) is 88.9 Å². The molecular weight excluding hydrogens is 470 g/mol. The van der Waals surface area contributed by atoms with Crippen LogP contribution in [0.3, 0.4) is 0 Å². The van der Waals surface area contributed by atoms with Crippen molar-refractivity contribution >= 4 is 17.7 Å². The molecule has 0 radical (unpaired) electrons. The Hall–Kier alpha value is -4.07. The van der Waals surface area contributed by atoms with Gasteiger partial charge in [-0.05, 0) is 54.3 Å². The van der Waals surface area contributed by atoms with Crippen molar-refractivity contribution in [1.29, 1.82) is 0 Å². The summed E-state index contributed by atoms with van der Waals surface area (Å²) in [5.41, 5.74) is 4.25. The number of ether oxygens (including phenoxy) is 1. The summed E-state index contributed by atoms with van der Waals surface area (Å²) in [6.07, 6.45) is 2.22. The van der Waals surface area contributed by atoms with Crippen LogP contribution in [-0.4, -0.2) is 71.8 Å². The van der Waals surface area contributed by atoms with E-state index in [2.05, 4.69) is 6.07 Å². The summed E-state index contributed by atoms with van der Waals surface area (Å²) in [6, 6.07) is 17.1. The lowest BCUT2D eigenvalue weighted by Crippen LogP contribution is -2.51. The molecule has 2 aliphatic heterocycles. The molecule has 3 heterocycles. The minimum absolute atomic E-state index is 0.0279. The second-order valence-corrected chi connectivity index (χ2v) is 9.58. The molecule has 0 saturated carbocycles. The number of nitrogens with zero attached hydrogens (tertiary/aromatic N) is 3. The second-order valence-electron chi connectivity index (χ2n) is 9.58. The molecule has 0 unspecified atom stereocenters. The molecule has 0 bridgehead atoms. The van der Waals surface area contributed by atoms with Gasteiger partial charge in [0.25, 0.3) is 11.8 Å². The van der Waals surface area contributed by atoms with Gasteiger partial charge in [0.1, 0.15) is 5.75 Å². The Kier molecular flexibility index (Phi) is 6.99. The Balaban J connectivity index is 1.37. The number of hydrogen-bond donors (Lipinski definition) is 0. The molecule has 3 amide bonds. The maximum absolute atomic E-state index is 13.4. The Morgan fingerprint density at radius 1 is 0.946 bits per heavy atom. The van der Waals surface area contributed by atoms with E-state index in [0.717, 1.165) is 22.3 Å². The predicted octanol–water partition coefficient (Wildman–Crippen LogP) is 3.45. The number of fused-ring (bicyclic) bond motifs is 1. The molecule has 0 N–H and O–H groups in total. The van der Waals surface area contributed by atoms with Gasteiger partial charge >= 0.3 is 0 Å². The normalized spacial score (nSPS) is 17.4. The van der Waals surface area contributed by atoms with Crippen LogP contribution in [0, 0.1) is 6.92 Å². The Labute approximate surface area is 216 Å². The molecule has 0 spiro atoms. The van der Waals surface area contributed by atoms with Gasteiger partial charge in [0.2, 0.25) is 5.91 Å². The molecule has 3 aromatic rings. The molecule has 192 valence electrons. The Morgan fingerprint density at radius 2 is 1.73 bits per heavy atom. The molecule has 2 aliphatic rings. The van der Waals surface area contributed by atoms with Crippen molar-refractivity contribution in [2.24, 2.45) is 0 Å². The molecule has 37 heavy (non-hydrogen) atoms. The lowest BCUT2D eigenvalue weighted by molar-refractivity contribution is -0.139. The largest absolute Gasteiger partial charge is 0.484 e. The zero-order chi connectivity index (χ0) is 25.9. The summed E-state index contributed by atoms with van der Waals surface area (Å²) in [4.78, 5) is 43.0. The van der Waals surface area contributed by atoms with E-state index in [0.29, 0.717) is 50.7 Å². The SMILES string of the molecule is CC(=O)N1CCN(C(=O)COc2ccc3c(c2)[C@H](c2cccc(C)c2)N(C(=O)c2ccco2)CC3)CC1. The number of aryl methyl sites for hydroxylation is 1. The summed E-state index contributed by atoms with van der Waals surface area (Å²) in [6.45, 7) is 6.15. The first-order valence-corrected chi connectivity index (χ1v) is 12.6. The van der Waals surface area contributed by atoms with E-state index in [1.165, 1.54) is 6.26 Å². The van der Waals surface area contributed by atoms with E-state index >= 15 is 0 Å². The highest BCUT2D eigenvalue weighted by Crippen LogP contribution is 2.38. The molecule has 1 atom stereocenters. The molecule has 2 aromatic carbocycles. The van der Waals surface area contributed by atoms with Crippen LogP contribution in [0.2, 0.25) is 0 Å². The summed E-state index contributed by atoms with van der Waals surface area (Å²) < 4.78 is 11.4. The minimum atomic E-state index is -0.305. The smallest absolute Gasteiger partial charge is 0.290 e. The number of carbonyl (C=O) groups is 3. The van der Waals surface area contributed by atoms with Crippen molar-refractivity contribution < 1.29 is 23.5 Å². The average Bonchev–Trinajstić information content (AvgIpc) is 3.46. The maximum atomic E-state index is 13.4. The van der Waals surface area contributed by atoms with Crippen LogP contribution in [0.4, 0.5) is 0 Å². The average molecular weight is 502 g/mol. The highest BCUT2D eigenvalue weighted by molar-refractivity contribution is 5.92. The van der Waals surface area contributed by atoms with Crippen molar-refractivity contribution in [2.75, 3.05) is 39.3 Å². The van der Waals surface area contributed by atoms with E-state index < -0.39 is 0 Å². The fourth-order valence-corrected chi connectivity index (χ4v) is 5.15. The molecule has 1 aromatic heterocycles. The summed E-state index contributed by atoms with van der Waals surface area (Å²) >= 11 is 0. The van der Waals surface area contributed by atoms with E-state index in [1.54, 1.807) is 28.9 Å². The van der Waals surface area contributed by atoms with Crippen LogP contribution in [-0.2, 0) is 16.0 Å². The van der Waals surface area contributed by atoms with Crippen LogP contribution < -0.4 is 4.74 Å². The van der Waals surface area contributed by atoms with Crippen molar-refractivity contribution in [3.8, 4) is 5.75 Å². The minimum Gasteiger partial charge on any atom is -0.484 e. The molecule has 8 heteroatoms. The van der Waals surface area contributed by atoms with E-state index in [9.17, 15) is 14.4 Å². The molecular formula is C29H31N3O5. The van der Waals surface area contributed by atoms with Gasteiger partial charge in [-0.15, -0.1) is 0 Å². The third-order valence-corrected chi connectivity index (χ3v) is 7.14. The van der Waals surface area contributed by atoms with Gasteiger partial charge in [0.15, 0.2) is 12.4 Å². The predicted molar refractivity (Wildman–Crippen MR) is 137 cm³/mol. The van der Waals surface area contributed by atoms with Gasteiger partial charge in [-0.3, -0.25) is 14.4 Å². The quantitative estimate of drug-likeness (QED) is 0.535. The fourth-order valence-electron chi connectivity index (χ4n) is 5.15. The Morgan fingerprint density at radius 3 is 2.43 bits per heavy atom. The highest BCUT2D eigenvalue weighted by Gasteiger charge is 2.34. The molecule has 5 rings (SSSR count). The summed E-state index contributed by atoms with van der Waals surface area (Å²) in [5.74, 6) is 0.655. The third kappa shape index (κ3) is 5.23. The van der Waals surface area contributed by atoms with Gasteiger partial charge < -0.3 is 23.9 Å². The van der Waals surface area contributed by atoms with E-state index in [-0.39, 0.29) is 30.4 Å². The molecule has 0 aliphatic carbocycles. The number of benzene rings is 2. The van der Waals surface area contributed by atoms with Crippen LogP contribution >= 0.6 is 0 Å². The van der Waals surface area contributed by atoms with Crippen LogP contribution in [0.5, 0.6) is 5.75 Å². The topological polar surface area (TPSA) is 83.3 Å². The lowest BCUT2D eigenvalue weighted by Gasteiger charge is -2.37. The Bertz CT molecular complexity index is 1290. The van der Waals surface area contributed by atoms with Gasteiger partial charge in [-0.1, -0.05) is 35.9 Å². The molecule has 8 nitrogen and oxygen atoms in total. The first-order valence-electron chi connectivity index (χ1n) is 12.6. The summed E-state index contributed by atoms with van der Waals surface area (Å²) in [7, 11) is 0. The van der Waals surface area contributed by atoms with Crippen molar-refractivity contribution in [2.45, 2.75) is 26.3 Å². The lowest BCUT2D eigenvalue weighted by atomic mass is 9.87. The van der Waals surface area contributed by atoms with Gasteiger partial charge in [-0.25, -0.2) is 0 Å². The highest BCUT2D eigenvalue weighted by atomic mass is 16.5. The third-order valence-electron chi connectivity index (χ3n) is 7.14. The number of carbonyl (C=O) groups excluding carboxylic acids is 3. The van der Waals surface area contributed by atoms with Crippen molar-refractivity contribution in [1.82, 2.24) is 14.7 Å². The fraction of sp³-hybridized carbons (Fsp3) is 0.345.